The number of benzene rings is 1. The molecule has 1 aromatic heterocycles. The Morgan fingerprint density at radius 3 is 2.50 bits per heavy atom. The maximum Gasteiger partial charge on any atom is 0.429 e. The Labute approximate surface area is 140 Å². The van der Waals surface area contributed by atoms with Crippen LogP contribution in [0.2, 0.25) is 0 Å². The van der Waals surface area contributed by atoms with Crippen LogP contribution in [0.5, 0.6) is 0 Å². The zero-order valence-corrected chi connectivity index (χ0v) is 13.3. The molecule has 1 saturated heterocycles. The Bertz CT molecular complexity index is 691. The molecule has 124 valence electrons. The molecule has 3 rings (SSSR count). The van der Waals surface area contributed by atoms with Gasteiger partial charge in [-0.25, -0.2) is 14.8 Å². The van der Waals surface area contributed by atoms with Gasteiger partial charge in [-0.2, -0.15) is 0 Å². The van der Waals surface area contributed by atoms with Crippen LogP contribution < -0.4 is 0 Å². The van der Waals surface area contributed by atoms with Crippen molar-refractivity contribution in [2.45, 2.75) is 19.4 Å². The van der Waals surface area contributed by atoms with Crippen LogP contribution in [0.15, 0.2) is 54.9 Å². The average Bonchev–Trinajstić information content (AvgIpc) is 3.11. The van der Waals surface area contributed by atoms with Gasteiger partial charge in [0.2, 0.25) is 5.91 Å². The molecule has 0 bridgehead atoms. The maximum absolute atomic E-state index is 12.5. The molecule has 2 aromatic rings. The van der Waals surface area contributed by atoms with Crippen LogP contribution in [-0.2, 0) is 22.6 Å². The lowest BCUT2D eigenvalue weighted by Gasteiger charge is -2.27. The molecule has 2 heterocycles. The van der Waals surface area contributed by atoms with Crippen LogP contribution in [-0.4, -0.2) is 40.1 Å². The summed E-state index contributed by atoms with van der Waals surface area (Å²) in [6.45, 7) is 1.22. The molecule has 6 heteroatoms. The van der Waals surface area contributed by atoms with Gasteiger partial charge in [0.05, 0.1) is 6.42 Å². The van der Waals surface area contributed by atoms with Crippen molar-refractivity contribution < 1.29 is 14.3 Å². The van der Waals surface area contributed by atoms with Crippen LogP contribution in [0.1, 0.15) is 17.5 Å². The summed E-state index contributed by atoms with van der Waals surface area (Å²) in [6, 6.07) is 13.1. The van der Waals surface area contributed by atoms with Crippen molar-refractivity contribution in [1.29, 1.82) is 0 Å². The Morgan fingerprint density at radius 2 is 1.75 bits per heavy atom. The molecule has 1 aromatic carbocycles. The monoisotopic (exact) mass is 325 g/mol. The smallest absolute Gasteiger partial charge is 0.429 e. The van der Waals surface area contributed by atoms with Crippen molar-refractivity contribution in [2.24, 2.45) is 0 Å². The Morgan fingerprint density at radius 1 is 1.00 bits per heavy atom. The summed E-state index contributed by atoms with van der Waals surface area (Å²) in [5, 5.41) is 2.86. The highest BCUT2D eigenvalue weighted by atomic mass is 16.6. The predicted octanol–water partition coefficient (Wildman–Crippen LogP) is 2.41. The topological polar surface area (TPSA) is 62.7 Å². The van der Waals surface area contributed by atoms with Gasteiger partial charge in [0.25, 0.3) is 0 Å². The molecule has 0 aliphatic carbocycles. The van der Waals surface area contributed by atoms with E-state index >= 15 is 0 Å². The number of ether oxygens (including phenoxy) is 1. The van der Waals surface area contributed by atoms with Crippen molar-refractivity contribution in [3.05, 3.63) is 66.0 Å². The third-order valence-corrected chi connectivity index (χ3v) is 3.81. The second kappa shape index (κ2) is 7.59. The minimum atomic E-state index is -0.490. The minimum Gasteiger partial charge on any atom is -0.443 e. The van der Waals surface area contributed by atoms with Crippen LogP contribution in [0.3, 0.4) is 0 Å². The number of carbonyl (C=O) groups is 2. The SMILES string of the molecule is O=C(Cc1cccnc1)N1CCCN1C(=O)OCc1ccccc1. The van der Waals surface area contributed by atoms with Crippen LogP contribution in [0, 0.1) is 0 Å². The molecule has 0 unspecified atom stereocenters. The molecule has 0 radical (unpaired) electrons. The quantitative estimate of drug-likeness (QED) is 0.866. The van der Waals surface area contributed by atoms with Crippen LogP contribution in [0.4, 0.5) is 4.79 Å². The highest BCUT2D eigenvalue weighted by molar-refractivity contribution is 5.81. The molecule has 0 spiro atoms. The van der Waals surface area contributed by atoms with Gasteiger partial charge in [0.15, 0.2) is 0 Å². The molecule has 6 nitrogen and oxygen atoms in total. The first-order valence-electron chi connectivity index (χ1n) is 7.91. The summed E-state index contributed by atoms with van der Waals surface area (Å²) in [4.78, 5) is 28.7. The molecule has 0 N–H and O–H groups in total. The zero-order valence-electron chi connectivity index (χ0n) is 13.3. The predicted molar refractivity (Wildman–Crippen MR) is 87.6 cm³/mol. The van der Waals surface area contributed by atoms with E-state index in [0.29, 0.717) is 13.1 Å². The number of hydrogen-bond acceptors (Lipinski definition) is 4. The summed E-state index contributed by atoms with van der Waals surface area (Å²) in [5.74, 6) is -0.128. The van der Waals surface area contributed by atoms with Crippen molar-refractivity contribution in [1.82, 2.24) is 15.0 Å². The van der Waals surface area contributed by atoms with E-state index in [2.05, 4.69) is 4.98 Å². The third-order valence-electron chi connectivity index (χ3n) is 3.81. The molecule has 0 saturated carbocycles. The van der Waals surface area contributed by atoms with E-state index in [9.17, 15) is 9.59 Å². The Balaban J connectivity index is 1.58. The number of aromatic nitrogens is 1. The summed E-state index contributed by atoms with van der Waals surface area (Å²) in [7, 11) is 0. The molecule has 1 fully saturated rings. The second-order valence-electron chi connectivity index (χ2n) is 5.57. The second-order valence-corrected chi connectivity index (χ2v) is 5.57. The summed E-state index contributed by atoms with van der Waals surface area (Å²) < 4.78 is 5.32. The van der Waals surface area contributed by atoms with Crippen LogP contribution >= 0.6 is 0 Å². The lowest BCUT2D eigenvalue weighted by molar-refractivity contribution is -0.141. The van der Waals surface area contributed by atoms with Gasteiger partial charge in [0, 0.05) is 25.5 Å². The molecular weight excluding hydrogens is 306 g/mol. The van der Waals surface area contributed by atoms with E-state index in [1.54, 1.807) is 18.5 Å². The molecule has 1 aliphatic rings. The normalized spacial score (nSPS) is 13.8. The van der Waals surface area contributed by atoms with E-state index in [1.807, 2.05) is 36.4 Å². The van der Waals surface area contributed by atoms with Gasteiger partial charge in [-0.15, -0.1) is 0 Å². The fraction of sp³-hybridized carbons (Fsp3) is 0.278. The lowest BCUT2D eigenvalue weighted by Crippen LogP contribution is -2.45. The number of carbonyl (C=O) groups excluding carboxylic acids is 2. The van der Waals surface area contributed by atoms with Gasteiger partial charge in [-0.05, 0) is 23.6 Å². The van der Waals surface area contributed by atoms with Crippen molar-refractivity contribution >= 4 is 12.0 Å². The maximum atomic E-state index is 12.5. The highest BCUT2D eigenvalue weighted by Crippen LogP contribution is 2.15. The van der Waals surface area contributed by atoms with Crippen molar-refractivity contribution in [2.75, 3.05) is 13.1 Å². The van der Waals surface area contributed by atoms with Gasteiger partial charge < -0.3 is 4.74 Å². The number of rotatable bonds is 4. The van der Waals surface area contributed by atoms with Gasteiger partial charge in [0.1, 0.15) is 6.61 Å². The van der Waals surface area contributed by atoms with Crippen molar-refractivity contribution in [3.63, 3.8) is 0 Å². The largest absolute Gasteiger partial charge is 0.443 e. The summed E-state index contributed by atoms with van der Waals surface area (Å²) in [5.41, 5.74) is 1.74. The standard InChI is InChI=1S/C18H19N3O3/c22-17(12-16-8-4-9-19-13-16)20-10-5-11-21(20)18(23)24-14-15-6-2-1-3-7-15/h1-4,6-9,13H,5,10-12,14H2. The fourth-order valence-corrected chi connectivity index (χ4v) is 2.62. The highest BCUT2D eigenvalue weighted by Gasteiger charge is 2.31. The van der Waals surface area contributed by atoms with E-state index in [1.165, 1.54) is 10.0 Å². The third kappa shape index (κ3) is 3.90. The number of hydrogen-bond donors (Lipinski definition) is 0. The van der Waals surface area contributed by atoms with Gasteiger partial charge in [-0.1, -0.05) is 36.4 Å². The van der Waals surface area contributed by atoms with E-state index in [4.69, 9.17) is 4.74 Å². The molecular formula is C18H19N3O3. The minimum absolute atomic E-state index is 0.128. The molecule has 2 amide bonds. The van der Waals surface area contributed by atoms with E-state index in [0.717, 1.165) is 17.5 Å². The molecule has 24 heavy (non-hydrogen) atoms. The molecule has 1 aliphatic heterocycles. The van der Waals surface area contributed by atoms with Gasteiger partial charge in [-0.3, -0.25) is 9.78 Å². The number of nitrogens with zero attached hydrogens (tertiary/aromatic N) is 3. The van der Waals surface area contributed by atoms with Crippen LogP contribution in [0.25, 0.3) is 0 Å². The van der Waals surface area contributed by atoms with Crippen molar-refractivity contribution in [3.8, 4) is 0 Å². The zero-order chi connectivity index (χ0) is 16.8. The summed E-state index contributed by atoms with van der Waals surface area (Å²) >= 11 is 0. The fourth-order valence-electron chi connectivity index (χ4n) is 2.62. The number of amides is 2. The average molecular weight is 325 g/mol. The van der Waals surface area contributed by atoms with E-state index < -0.39 is 6.09 Å². The Kier molecular flexibility index (Phi) is 5.05. The first kappa shape index (κ1) is 16.0. The number of hydrazine groups is 1. The summed E-state index contributed by atoms with van der Waals surface area (Å²) in [6.07, 6.45) is 3.80. The molecule has 0 atom stereocenters. The number of pyridine rings is 1. The Hall–Kier alpha value is -2.89. The van der Waals surface area contributed by atoms with E-state index in [-0.39, 0.29) is 18.9 Å². The lowest BCUT2D eigenvalue weighted by atomic mass is 10.2. The first-order chi connectivity index (χ1) is 11.7. The van der Waals surface area contributed by atoms with Gasteiger partial charge >= 0.3 is 6.09 Å². The first-order valence-corrected chi connectivity index (χ1v) is 7.91.